The predicted octanol–water partition coefficient (Wildman–Crippen LogP) is -1.26. The summed E-state index contributed by atoms with van der Waals surface area (Å²) in [6.07, 6.45) is -1.31. The highest BCUT2D eigenvalue weighted by Gasteiger charge is 2.22. The maximum absolute atomic E-state index is 8.62. The van der Waals surface area contributed by atoms with Gasteiger partial charge in [0.25, 0.3) is 0 Å². The van der Waals surface area contributed by atoms with Crippen molar-refractivity contribution in [3.63, 3.8) is 0 Å². The Morgan fingerprint density at radius 2 is 1.57 bits per heavy atom. The fraction of sp³-hybridized carbons (Fsp3) is 1.00. The molecule has 1 fully saturated rings. The molecule has 2 N–H and O–H groups in total. The highest BCUT2D eigenvalue weighted by molar-refractivity contribution is 4.71. The molecule has 0 bridgehead atoms. The van der Waals surface area contributed by atoms with Gasteiger partial charge in [-0.05, 0) is 0 Å². The minimum Gasteiger partial charge on any atom is -0.388 e. The van der Waals surface area contributed by atoms with E-state index >= 15 is 0 Å². The predicted molar refractivity (Wildman–Crippen MR) is 22.8 cm³/mol. The summed E-state index contributed by atoms with van der Waals surface area (Å²) in [5.41, 5.74) is 0. The molecule has 0 aliphatic carbocycles. The number of aliphatic hydroxyl groups excluding tert-OH is 2. The number of hydrogen-bond acceptors (Lipinski definition) is 3. The van der Waals surface area contributed by atoms with E-state index < -0.39 is 12.2 Å². The summed E-state index contributed by atoms with van der Waals surface area (Å²) < 4.78 is 4.67. The lowest BCUT2D eigenvalue weighted by molar-refractivity contribution is 0.0572. The molecule has 0 spiro atoms. The third-order valence-electron chi connectivity index (χ3n) is 1.02. The van der Waals surface area contributed by atoms with Gasteiger partial charge in [0.1, 0.15) is 12.2 Å². The molecule has 0 amide bonds. The van der Waals surface area contributed by atoms with Crippen LogP contribution in [0, 0.1) is 0 Å². The van der Waals surface area contributed by atoms with Crippen molar-refractivity contribution in [1.29, 1.82) is 0 Å². The van der Waals surface area contributed by atoms with E-state index in [0.717, 1.165) is 0 Å². The molecule has 7 heavy (non-hydrogen) atoms. The van der Waals surface area contributed by atoms with Crippen LogP contribution in [0.25, 0.3) is 0 Å². The van der Waals surface area contributed by atoms with Crippen molar-refractivity contribution >= 4 is 0 Å². The summed E-state index contributed by atoms with van der Waals surface area (Å²) in [5.74, 6) is 0. The van der Waals surface area contributed by atoms with Crippen molar-refractivity contribution < 1.29 is 14.9 Å². The Bertz CT molecular complexity index is 56.0. The Labute approximate surface area is 41.5 Å². The van der Waals surface area contributed by atoms with Crippen LogP contribution >= 0.6 is 0 Å². The van der Waals surface area contributed by atoms with Crippen LogP contribution in [0.1, 0.15) is 0 Å². The van der Waals surface area contributed by atoms with Crippen molar-refractivity contribution in [2.45, 2.75) is 12.2 Å². The lowest BCUT2D eigenvalue weighted by atomic mass is 10.3. The fourth-order valence-electron chi connectivity index (χ4n) is 0.532. The van der Waals surface area contributed by atoms with Gasteiger partial charge in [-0.25, -0.2) is 0 Å². The van der Waals surface area contributed by atoms with E-state index in [1.165, 1.54) is 0 Å². The third-order valence-corrected chi connectivity index (χ3v) is 1.02. The number of hydrogen-bond donors (Lipinski definition) is 2. The molecule has 1 aliphatic heterocycles. The minimum atomic E-state index is -0.653. The lowest BCUT2D eigenvalue weighted by Gasteiger charge is -2.00. The zero-order valence-electron chi connectivity index (χ0n) is 3.87. The molecule has 3 heteroatoms. The Hall–Kier alpha value is -0.120. The molecule has 1 heterocycles. The van der Waals surface area contributed by atoms with Crippen LogP contribution in [0.15, 0.2) is 0 Å². The largest absolute Gasteiger partial charge is 0.388 e. The molecule has 1 aliphatic rings. The second-order valence-electron chi connectivity index (χ2n) is 1.67. The minimum absolute atomic E-state index is 0.279. The zero-order chi connectivity index (χ0) is 5.28. The number of ether oxygens (including phenoxy) is 1. The summed E-state index contributed by atoms with van der Waals surface area (Å²) in [5, 5.41) is 17.2. The first kappa shape index (κ1) is 5.03. The van der Waals surface area contributed by atoms with Crippen LogP contribution in [-0.4, -0.2) is 35.6 Å². The van der Waals surface area contributed by atoms with Crippen LogP contribution < -0.4 is 0 Å². The van der Waals surface area contributed by atoms with Crippen molar-refractivity contribution in [3.8, 4) is 0 Å². The van der Waals surface area contributed by atoms with Crippen LogP contribution in [0.5, 0.6) is 0 Å². The fourth-order valence-corrected chi connectivity index (χ4v) is 0.532. The standard InChI is InChI=1S/C4H8O3/c5-3-1-7-2-4(3)6/h3-6H,1-2H2/t3-,4-/m0/s1. The van der Waals surface area contributed by atoms with Crippen molar-refractivity contribution in [2.24, 2.45) is 0 Å². The van der Waals surface area contributed by atoms with Gasteiger partial charge in [0.2, 0.25) is 0 Å². The Balaban J connectivity index is 2.33. The quantitative estimate of drug-likeness (QED) is 0.403. The second-order valence-corrected chi connectivity index (χ2v) is 1.67. The second kappa shape index (κ2) is 1.78. The SMILES string of the molecule is O[C@H]1COC[C@@H]1O. The van der Waals surface area contributed by atoms with Gasteiger partial charge in [-0.1, -0.05) is 0 Å². The lowest BCUT2D eigenvalue weighted by Crippen LogP contribution is -2.22. The smallest absolute Gasteiger partial charge is 0.105 e. The summed E-state index contributed by atoms with van der Waals surface area (Å²) in [7, 11) is 0. The van der Waals surface area contributed by atoms with Crippen molar-refractivity contribution in [1.82, 2.24) is 0 Å². The molecule has 42 valence electrons. The van der Waals surface area contributed by atoms with Crippen LogP contribution in [-0.2, 0) is 4.74 Å². The van der Waals surface area contributed by atoms with Gasteiger partial charge in [-0.2, -0.15) is 0 Å². The van der Waals surface area contributed by atoms with E-state index in [1.807, 2.05) is 0 Å². The van der Waals surface area contributed by atoms with Gasteiger partial charge in [0, 0.05) is 0 Å². The zero-order valence-corrected chi connectivity index (χ0v) is 3.87. The molecule has 2 atom stereocenters. The number of rotatable bonds is 0. The molecule has 0 unspecified atom stereocenters. The van der Waals surface area contributed by atoms with Crippen molar-refractivity contribution in [2.75, 3.05) is 13.2 Å². The van der Waals surface area contributed by atoms with Gasteiger partial charge in [-0.3, -0.25) is 0 Å². The molecule has 3 nitrogen and oxygen atoms in total. The Kier molecular flexibility index (Phi) is 1.27. The van der Waals surface area contributed by atoms with E-state index in [2.05, 4.69) is 4.74 Å². The van der Waals surface area contributed by atoms with E-state index in [4.69, 9.17) is 10.2 Å². The van der Waals surface area contributed by atoms with E-state index in [1.54, 1.807) is 0 Å². The molecule has 0 aromatic carbocycles. The molecular weight excluding hydrogens is 96.0 g/mol. The van der Waals surface area contributed by atoms with Crippen LogP contribution in [0.4, 0.5) is 0 Å². The molecule has 0 aromatic heterocycles. The highest BCUT2D eigenvalue weighted by atomic mass is 16.5. The molecule has 0 radical (unpaired) electrons. The summed E-state index contributed by atoms with van der Waals surface area (Å²) in [4.78, 5) is 0. The average molecular weight is 104 g/mol. The van der Waals surface area contributed by atoms with Gasteiger partial charge >= 0.3 is 0 Å². The number of aliphatic hydroxyl groups is 2. The average Bonchev–Trinajstić information content (AvgIpc) is 1.91. The maximum Gasteiger partial charge on any atom is 0.105 e. The van der Waals surface area contributed by atoms with Gasteiger partial charge < -0.3 is 14.9 Å². The van der Waals surface area contributed by atoms with E-state index in [-0.39, 0.29) is 13.2 Å². The van der Waals surface area contributed by atoms with Gasteiger partial charge in [-0.15, -0.1) is 0 Å². The summed E-state index contributed by atoms with van der Waals surface area (Å²) >= 11 is 0. The molecule has 1 saturated heterocycles. The molecule has 0 aromatic rings. The topological polar surface area (TPSA) is 49.7 Å². The highest BCUT2D eigenvalue weighted by Crippen LogP contribution is 2.02. The van der Waals surface area contributed by atoms with Crippen LogP contribution in [0.3, 0.4) is 0 Å². The van der Waals surface area contributed by atoms with Crippen LogP contribution in [0.2, 0.25) is 0 Å². The third kappa shape index (κ3) is 0.907. The normalized spacial score (nSPS) is 42.0. The Morgan fingerprint density at radius 3 is 1.71 bits per heavy atom. The first-order valence-corrected chi connectivity index (χ1v) is 2.24. The molecule has 1 rings (SSSR count). The van der Waals surface area contributed by atoms with E-state index in [0.29, 0.717) is 0 Å². The first-order chi connectivity index (χ1) is 3.30. The first-order valence-electron chi connectivity index (χ1n) is 2.24. The summed E-state index contributed by atoms with van der Waals surface area (Å²) in [6.45, 7) is 0.558. The summed E-state index contributed by atoms with van der Waals surface area (Å²) in [6, 6.07) is 0. The molecule has 0 saturated carbocycles. The molecular formula is C4H8O3. The Morgan fingerprint density at radius 1 is 1.14 bits per heavy atom. The van der Waals surface area contributed by atoms with E-state index in [9.17, 15) is 0 Å². The van der Waals surface area contributed by atoms with Gasteiger partial charge in [0.15, 0.2) is 0 Å². The van der Waals surface area contributed by atoms with Gasteiger partial charge in [0.05, 0.1) is 13.2 Å². The van der Waals surface area contributed by atoms with Crippen molar-refractivity contribution in [3.05, 3.63) is 0 Å². The maximum atomic E-state index is 8.62. The monoisotopic (exact) mass is 104 g/mol.